The Hall–Kier alpha value is -2.35. The van der Waals surface area contributed by atoms with Crippen molar-refractivity contribution >= 4 is 17.8 Å². The second kappa shape index (κ2) is 9.03. The zero-order valence-electron chi connectivity index (χ0n) is 14.4. The van der Waals surface area contributed by atoms with Crippen LogP contribution in [0.2, 0.25) is 0 Å². The molecule has 1 atom stereocenters. The number of hydrogen-bond acceptors (Lipinski definition) is 3. The summed E-state index contributed by atoms with van der Waals surface area (Å²) >= 11 is 1.64. The molecule has 3 rings (SSSR count). The number of urea groups is 1. The summed E-state index contributed by atoms with van der Waals surface area (Å²) in [5.41, 5.74) is 1.51. The summed E-state index contributed by atoms with van der Waals surface area (Å²) < 4.78 is 42.9. The van der Waals surface area contributed by atoms with E-state index < -0.39 is 13.0 Å². The third kappa shape index (κ3) is 5.56. The van der Waals surface area contributed by atoms with Gasteiger partial charge < -0.3 is 15.4 Å². The van der Waals surface area contributed by atoms with Crippen LogP contribution in [0, 0.1) is 5.82 Å². The lowest BCUT2D eigenvalue weighted by Crippen LogP contribution is -2.38. The number of alkyl halides is 2. The molecule has 0 aliphatic carbocycles. The van der Waals surface area contributed by atoms with Crippen LogP contribution in [-0.2, 0) is 6.54 Å². The molecule has 1 heterocycles. The number of hydrogen-bond donors (Lipinski definition) is 2. The predicted octanol–water partition coefficient (Wildman–Crippen LogP) is 4.51. The normalized spacial score (nSPS) is 15.9. The Labute approximate surface area is 159 Å². The van der Waals surface area contributed by atoms with E-state index in [1.807, 2.05) is 0 Å². The van der Waals surface area contributed by atoms with E-state index in [0.717, 1.165) is 21.8 Å². The largest absolute Gasteiger partial charge is 0.488 e. The van der Waals surface area contributed by atoms with Gasteiger partial charge in [-0.3, -0.25) is 0 Å². The number of fused-ring (bicyclic) bond motifs is 1. The fraction of sp³-hybridized carbons (Fsp3) is 0.316. The van der Waals surface area contributed by atoms with Gasteiger partial charge in [-0.2, -0.15) is 0 Å². The standard InChI is InChI=1S/C19H19F3N2O2S/c20-13-4-5-17-15(9-13)16(6-7-27-17)24-19(25)23-10-12-2-1-3-14(8-12)26-11-18(21)22/h1-5,8-9,16,18H,6-7,10-11H2,(H2,23,24,25). The molecule has 2 aromatic rings. The Kier molecular flexibility index (Phi) is 6.49. The van der Waals surface area contributed by atoms with Crippen molar-refractivity contribution in [1.82, 2.24) is 10.6 Å². The second-order valence-corrected chi connectivity index (χ2v) is 7.19. The van der Waals surface area contributed by atoms with E-state index in [9.17, 15) is 18.0 Å². The number of rotatable bonds is 6. The van der Waals surface area contributed by atoms with Crippen LogP contribution in [0.25, 0.3) is 0 Å². The van der Waals surface area contributed by atoms with E-state index in [1.54, 1.807) is 42.1 Å². The zero-order valence-corrected chi connectivity index (χ0v) is 15.2. The number of nitrogens with one attached hydrogen (secondary N) is 2. The van der Waals surface area contributed by atoms with Crippen molar-refractivity contribution in [3.63, 3.8) is 0 Å². The first-order valence-corrected chi connectivity index (χ1v) is 9.46. The van der Waals surface area contributed by atoms with E-state index >= 15 is 0 Å². The van der Waals surface area contributed by atoms with Crippen LogP contribution in [0.1, 0.15) is 23.6 Å². The predicted molar refractivity (Wildman–Crippen MR) is 97.8 cm³/mol. The van der Waals surface area contributed by atoms with Gasteiger partial charge in [0.05, 0.1) is 6.04 Å². The van der Waals surface area contributed by atoms with Gasteiger partial charge in [0, 0.05) is 17.2 Å². The minimum Gasteiger partial charge on any atom is -0.488 e. The number of halogens is 3. The molecule has 0 spiro atoms. The summed E-state index contributed by atoms with van der Waals surface area (Å²) in [4.78, 5) is 13.2. The first-order valence-electron chi connectivity index (χ1n) is 8.48. The molecule has 0 bridgehead atoms. The summed E-state index contributed by atoms with van der Waals surface area (Å²) in [5, 5.41) is 5.60. The summed E-state index contributed by atoms with van der Waals surface area (Å²) in [6, 6.07) is 10.6. The summed E-state index contributed by atoms with van der Waals surface area (Å²) in [5.74, 6) is 0.834. The molecule has 0 radical (unpaired) electrons. The van der Waals surface area contributed by atoms with Gasteiger partial charge in [-0.15, -0.1) is 11.8 Å². The summed E-state index contributed by atoms with van der Waals surface area (Å²) in [7, 11) is 0. The van der Waals surface area contributed by atoms with Gasteiger partial charge in [0.1, 0.15) is 18.2 Å². The molecular weight excluding hydrogens is 377 g/mol. The minimum absolute atomic E-state index is 0.217. The van der Waals surface area contributed by atoms with E-state index in [4.69, 9.17) is 4.74 Å². The van der Waals surface area contributed by atoms with Crippen LogP contribution < -0.4 is 15.4 Å². The first-order chi connectivity index (χ1) is 13.0. The highest BCUT2D eigenvalue weighted by Crippen LogP contribution is 2.36. The Morgan fingerprint density at radius 2 is 2.11 bits per heavy atom. The van der Waals surface area contributed by atoms with Crippen molar-refractivity contribution in [2.24, 2.45) is 0 Å². The SMILES string of the molecule is O=C(NCc1cccc(OCC(F)F)c1)NC1CCSc2ccc(F)cc21. The van der Waals surface area contributed by atoms with E-state index in [0.29, 0.717) is 12.2 Å². The van der Waals surface area contributed by atoms with Gasteiger partial charge in [-0.1, -0.05) is 12.1 Å². The van der Waals surface area contributed by atoms with Crippen molar-refractivity contribution in [1.29, 1.82) is 0 Å². The number of carbonyl (C=O) groups is 1. The highest BCUT2D eigenvalue weighted by Gasteiger charge is 2.22. The topological polar surface area (TPSA) is 50.4 Å². The van der Waals surface area contributed by atoms with Crippen molar-refractivity contribution in [2.75, 3.05) is 12.4 Å². The van der Waals surface area contributed by atoms with Gasteiger partial charge in [0.2, 0.25) is 0 Å². The Morgan fingerprint density at radius 3 is 2.93 bits per heavy atom. The van der Waals surface area contributed by atoms with Crippen LogP contribution in [0.15, 0.2) is 47.4 Å². The number of amides is 2. The molecular formula is C19H19F3N2O2S. The van der Waals surface area contributed by atoms with Crippen molar-refractivity contribution < 1.29 is 22.7 Å². The highest BCUT2D eigenvalue weighted by atomic mass is 32.2. The number of carbonyl (C=O) groups excluding carboxylic acids is 1. The molecule has 1 unspecified atom stereocenters. The van der Waals surface area contributed by atoms with Crippen LogP contribution >= 0.6 is 11.8 Å². The summed E-state index contributed by atoms with van der Waals surface area (Å²) in [6.45, 7) is -0.456. The molecule has 0 fully saturated rings. The molecule has 0 saturated heterocycles. The zero-order chi connectivity index (χ0) is 19.2. The quantitative estimate of drug-likeness (QED) is 0.756. The van der Waals surface area contributed by atoms with E-state index in [-0.39, 0.29) is 24.4 Å². The van der Waals surface area contributed by atoms with E-state index in [1.165, 1.54) is 12.1 Å². The molecule has 1 aliphatic heterocycles. The molecule has 2 amide bonds. The van der Waals surface area contributed by atoms with Gasteiger partial charge >= 0.3 is 6.03 Å². The molecule has 0 saturated carbocycles. The molecule has 0 aromatic heterocycles. The van der Waals surface area contributed by atoms with Gasteiger partial charge in [0.25, 0.3) is 6.43 Å². The number of benzene rings is 2. The lowest BCUT2D eigenvalue weighted by atomic mass is 10.0. The Bertz CT molecular complexity index is 804. The van der Waals surface area contributed by atoms with Crippen LogP contribution in [0.3, 0.4) is 0 Å². The molecule has 8 heteroatoms. The van der Waals surface area contributed by atoms with E-state index in [2.05, 4.69) is 10.6 Å². The third-order valence-corrected chi connectivity index (χ3v) is 5.17. The number of ether oxygens (including phenoxy) is 1. The van der Waals surface area contributed by atoms with Crippen molar-refractivity contribution in [2.45, 2.75) is 30.3 Å². The van der Waals surface area contributed by atoms with Gasteiger partial charge in [0.15, 0.2) is 0 Å². The third-order valence-electron chi connectivity index (χ3n) is 4.04. The van der Waals surface area contributed by atoms with Crippen LogP contribution in [-0.4, -0.2) is 24.8 Å². The first kappa shape index (κ1) is 19.4. The molecule has 1 aliphatic rings. The summed E-state index contributed by atoms with van der Waals surface area (Å²) in [6.07, 6.45) is -1.83. The van der Waals surface area contributed by atoms with Crippen molar-refractivity contribution in [3.05, 3.63) is 59.4 Å². The minimum atomic E-state index is -2.54. The maximum Gasteiger partial charge on any atom is 0.315 e. The van der Waals surface area contributed by atoms with Crippen molar-refractivity contribution in [3.8, 4) is 5.75 Å². The second-order valence-electron chi connectivity index (χ2n) is 6.05. The van der Waals surface area contributed by atoms with Gasteiger partial charge in [-0.25, -0.2) is 18.0 Å². The van der Waals surface area contributed by atoms with Gasteiger partial charge in [-0.05, 0) is 47.9 Å². The molecule has 4 nitrogen and oxygen atoms in total. The van der Waals surface area contributed by atoms with Crippen LogP contribution in [0.5, 0.6) is 5.75 Å². The fourth-order valence-electron chi connectivity index (χ4n) is 2.81. The monoisotopic (exact) mass is 396 g/mol. The number of thioether (sulfide) groups is 1. The lowest BCUT2D eigenvalue weighted by molar-refractivity contribution is 0.0818. The lowest BCUT2D eigenvalue weighted by Gasteiger charge is -2.26. The Morgan fingerprint density at radius 1 is 1.26 bits per heavy atom. The average molecular weight is 396 g/mol. The molecule has 144 valence electrons. The fourth-order valence-corrected chi connectivity index (χ4v) is 3.92. The molecule has 2 N–H and O–H groups in total. The average Bonchev–Trinajstić information content (AvgIpc) is 2.65. The maximum absolute atomic E-state index is 13.5. The van der Waals surface area contributed by atoms with Crippen LogP contribution in [0.4, 0.5) is 18.0 Å². The molecule has 2 aromatic carbocycles. The maximum atomic E-state index is 13.5. The smallest absolute Gasteiger partial charge is 0.315 e. The highest BCUT2D eigenvalue weighted by molar-refractivity contribution is 7.99. The molecule has 27 heavy (non-hydrogen) atoms. The Balaban J connectivity index is 1.55.